The average Bonchev–Trinajstić information content (AvgIpc) is 2.86. The third-order valence-electron chi connectivity index (χ3n) is 6.08. The molecule has 0 aliphatic carbocycles. The Morgan fingerprint density at radius 3 is 1.82 bits per heavy atom. The van der Waals surface area contributed by atoms with Gasteiger partial charge in [0, 0.05) is 20.8 Å². The number of rotatable bonds is 14. The summed E-state index contributed by atoms with van der Waals surface area (Å²) in [7, 11) is 1.13. The zero-order valence-corrected chi connectivity index (χ0v) is 22.9. The molecule has 1 heterocycles. The van der Waals surface area contributed by atoms with Crippen molar-refractivity contribution < 1.29 is 47.6 Å². The number of esters is 4. The third kappa shape index (κ3) is 9.96. The predicted octanol–water partition coefficient (Wildman–Crippen LogP) is 4.05. The van der Waals surface area contributed by atoms with Crippen LogP contribution in [0.2, 0.25) is 0 Å². The van der Waals surface area contributed by atoms with Crippen LogP contribution in [0.1, 0.15) is 78.2 Å². The largest absolute Gasteiger partial charge is 0.467 e. The first-order chi connectivity index (χ1) is 18.2. The molecule has 212 valence electrons. The lowest BCUT2D eigenvalue weighted by Gasteiger charge is -2.43. The van der Waals surface area contributed by atoms with E-state index in [-0.39, 0.29) is 0 Å². The Morgan fingerprint density at radius 1 is 0.737 bits per heavy atom. The van der Waals surface area contributed by atoms with Gasteiger partial charge in [0.15, 0.2) is 18.3 Å². The second-order valence-electron chi connectivity index (χ2n) is 9.30. The van der Waals surface area contributed by atoms with E-state index in [1.807, 2.05) is 12.1 Å². The molecule has 1 aliphatic rings. The van der Waals surface area contributed by atoms with E-state index in [1.165, 1.54) is 38.5 Å². The number of aryl methyl sites for hydroxylation is 1. The molecular formula is C28H40O10. The third-order valence-corrected chi connectivity index (χ3v) is 6.08. The van der Waals surface area contributed by atoms with Gasteiger partial charge in [-0.05, 0) is 30.5 Å². The monoisotopic (exact) mass is 536 g/mol. The van der Waals surface area contributed by atoms with Crippen LogP contribution >= 0.6 is 0 Å². The van der Waals surface area contributed by atoms with Gasteiger partial charge in [0.1, 0.15) is 5.75 Å². The van der Waals surface area contributed by atoms with Crippen LogP contribution in [-0.4, -0.2) is 61.7 Å². The minimum atomic E-state index is -1.50. The topological polar surface area (TPSA) is 124 Å². The average molecular weight is 537 g/mol. The van der Waals surface area contributed by atoms with Crippen LogP contribution in [0.3, 0.4) is 0 Å². The van der Waals surface area contributed by atoms with Gasteiger partial charge in [-0.25, -0.2) is 4.79 Å². The minimum Gasteiger partial charge on any atom is -0.467 e. The van der Waals surface area contributed by atoms with Gasteiger partial charge in [-0.2, -0.15) is 0 Å². The molecule has 0 aromatic heterocycles. The van der Waals surface area contributed by atoms with Gasteiger partial charge in [-0.1, -0.05) is 57.6 Å². The molecule has 1 aromatic rings. The summed E-state index contributed by atoms with van der Waals surface area (Å²) in [5, 5.41) is 0. The Labute approximate surface area is 224 Å². The van der Waals surface area contributed by atoms with Crippen molar-refractivity contribution >= 4 is 23.9 Å². The summed E-state index contributed by atoms with van der Waals surface area (Å²) >= 11 is 0. The van der Waals surface area contributed by atoms with E-state index in [0.717, 1.165) is 46.3 Å². The number of carbonyl (C=O) groups excluding carboxylic acids is 4. The first-order valence-electron chi connectivity index (χ1n) is 13.2. The fourth-order valence-electron chi connectivity index (χ4n) is 4.33. The summed E-state index contributed by atoms with van der Waals surface area (Å²) in [6.07, 6.45) is 2.50. The Morgan fingerprint density at radius 2 is 1.26 bits per heavy atom. The molecule has 10 heteroatoms. The number of benzene rings is 1. The Balaban J connectivity index is 2.18. The van der Waals surface area contributed by atoms with Crippen LogP contribution in [0.4, 0.5) is 0 Å². The molecule has 1 saturated heterocycles. The highest BCUT2D eigenvalue weighted by Gasteiger charge is 2.55. The number of ether oxygens (including phenoxy) is 6. The van der Waals surface area contributed by atoms with Crippen molar-refractivity contribution in [3.8, 4) is 5.75 Å². The van der Waals surface area contributed by atoms with Crippen molar-refractivity contribution in [1.82, 2.24) is 0 Å². The maximum absolute atomic E-state index is 12.5. The van der Waals surface area contributed by atoms with Crippen LogP contribution in [0.15, 0.2) is 24.3 Å². The first-order valence-corrected chi connectivity index (χ1v) is 13.2. The second-order valence-corrected chi connectivity index (χ2v) is 9.30. The highest BCUT2D eigenvalue weighted by atomic mass is 16.7. The SMILES string of the molecule is CCCCCCCCCc1ccc(O[C@@H]2O[C@H](C(=O)OC)[C@@H](OC(C)=O)[C@H](OC(C)=O)[C@H]2OC(C)=O)cc1. The van der Waals surface area contributed by atoms with E-state index < -0.39 is 54.6 Å². The van der Waals surface area contributed by atoms with Gasteiger partial charge < -0.3 is 28.4 Å². The van der Waals surface area contributed by atoms with Gasteiger partial charge in [0.05, 0.1) is 7.11 Å². The second kappa shape index (κ2) is 16.0. The minimum absolute atomic E-state index is 0.381. The lowest BCUT2D eigenvalue weighted by molar-refractivity contribution is -0.282. The van der Waals surface area contributed by atoms with Gasteiger partial charge in [0.2, 0.25) is 12.4 Å². The summed E-state index contributed by atoms with van der Waals surface area (Å²) in [5.41, 5.74) is 1.15. The molecule has 1 fully saturated rings. The van der Waals surface area contributed by atoms with E-state index >= 15 is 0 Å². The van der Waals surface area contributed by atoms with Gasteiger partial charge in [-0.3, -0.25) is 14.4 Å². The Hall–Kier alpha value is -3.14. The molecule has 10 nitrogen and oxygen atoms in total. The molecule has 0 bridgehead atoms. The lowest BCUT2D eigenvalue weighted by atomic mass is 9.97. The molecule has 0 radical (unpaired) electrons. The zero-order valence-electron chi connectivity index (χ0n) is 22.9. The number of unbranched alkanes of at least 4 members (excludes halogenated alkanes) is 6. The molecule has 38 heavy (non-hydrogen) atoms. The summed E-state index contributed by atoms with van der Waals surface area (Å²) in [6, 6.07) is 7.35. The van der Waals surface area contributed by atoms with Crippen molar-refractivity contribution in [3.63, 3.8) is 0 Å². The number of hydrogen-bond acceptors (Lipinski definition) is 10. The van der Waals surface area contributed by atoms with E-state index in [2.05, 4.69) is 6.92 Å². The Kier molecular flexibility index (Phi) is 13.1. The molecule has 0 amide bonds. The number of carbonyl (C=O) groups is 4. The van der Waals surface area contributed by atoms with Crippen molar-refractivity contribution in [2.24, 2.45) is 0 Å². The van der Waals surface area contributed by atoms with Crippen molar-refractivity contribution in [2.45, 2.75) is 110 Å². The summed E-state index contributed by atoms with van der Waals surface area (Å²) < 4.78 is 32.5. The van der Waals surface area contributed by atoms with E-state index in [9.17, 15) is 19.2 Å². The first kappa shape index (κ1) is 31.1. The summed E-state index contributed by atoms with van der Waals surface area (Å²) in [5.74, 6) is -2.72. The highest BCUT2D eigenvalue weighted by Crippen LogP contribution is 2.31. The summed E-state index contributed by atoms with van der Waals surface area (Å²) in [4.78, 5) is 48.1. The molecule has 5 atom stereocenters. The van der Waals surface area contributed by atoms with E-state index in [4.69, 9.17) is 28.4 Å². The molecule has 1 aromatic carbocycles. The van der Waals surface area contributed by atoms with Crippen LogP contribution < -0.4 is 4.74 Å². The maximum atomic E-state index is 12.5. The maximum Gasteiger partial charge on any atom is 0.339 e. The molecule has 2 rings (SSSR count). The van der Waals surface area contributed by atoms with Crippen LogP contribution in [0, 0.1) is 0 Å². The molecule has 0 spiro atoms. The summed E-state index contributed by atoms with van der Waals surface area (Å²) in [6.45, 7) is 5.63. The highest BCUT2D eigenvalue weighted by molar-refractivity contribution is 5.77. The van der Waals surface area contributed by atoms with Crippen LogP contribution in [0.5, 0.6) is 5.75 Å². The smallest absolute Gasteiger partial charge is 0.339 e. The molecule has 0 unspecified atom stereocenters. The quantitative estimate of drug-likeness (QED) is 0.195. The van der Waals surface area contributed by atoms with Gasteiger partial charge >= 0.3 is 23.9 Å². The zero-order chi connectivity index (χ0) is 28.1. The van der Waals surface area contributed by atoms with Gasteiger partial charge in [0.25, 0.3) is 0 Å². The van der Waals surface area contributed by atoms with E-state index in [1.54, 1.807) is 12.1 Å². The fourth-order valence-corrected chi connectivity index (χ4v) is 4.33. The van der Waals surface area contributed by atoms with Crippen LogP contribution in [0.25, 0.3) is 0 Å². The Bertz CT molecular complexity index is 913. The fraction of sp³-hybridized carbons (Fsp3) is 0.643. The number of methoxy groups -OCH3 is 1. The number of hydrogen-bond donors (Lipinski definition) is 0. The van der Waals surface area contributed by atoms with Gasteiger partial charge in [-0.15, -0.1) is 0 Å². The normalized spacial score (nSPS) is 22.7. The molecular weight excluding hydrogens is 496 g/mol. The molecule has 0 saturated carbocycles. The predicted molar refractivity (Wildman–Crippen MR) is 136 cm³/mol. The molecule has 0 N–H and O–H groups in total. The van der Waals surface area contributed by atoms with Crippen molar-refractivity contribution in [3.05, 3.63) is 29.8 Å². The van der Waals surface area contributed by atoms with Crippen molar-refractivity contribution in [1.29, 1.82) is 0 Å². The molecule has 1 aliphatic heterocycles. The lowest BCUT2D eigenvalue weighted by Crippen LogP contribution is -2.64. The standard InChI is InChI=1S/C28H40O10/c1-6-7-8-9-10-11-12-13-21-14-16-22(17-15-21)37-28-26(36-20(4)31)24(35-19(3)30)23(34-18(2)29)25(38-28)27(32)33-5/h14-17,23-26,28H,6-13H2,1-5H3/t23-,24-,25-,26+,28+/m0/s1. The van der Waals surface area contributed by atoms with E-state index in [0.29, 0.717) is 5.75 Å². The van der Waals surface area contributed by atoms with Crippen LogP contribution in [-0.2, 0) is 49.3 Å². The van der Waals surface area contributed by atoms with Crippen molar-refractivity contribution in [2.75, 3.05) is 7.11 Å².